The molecule has 0 saturated heterocycles. The Labute approximate surface area is 74.0 Å². The van der Waals surface area contributed by atoms with Crippen LogP contribution >= 0.6 is 22.9 Å². The summed E-state index contributed by atoms with van der Waals surface area (Å²) in [5, 5.41) is 2.62. The minimum atomic E-state index is -0.141. The van der Waals surface area contributed by atoms with E-state index < -0.39 is 0 Å². The molecule has 0 aliphatic heterocycles. The topological polar surface area (TPSA) is 17.1 Å². The summed E-state index contributed by atoms with van der Waals surface area (Å²) >= 11 is 7.33. The van der Waals surface area contributed by atoms with Crippen molar-refractivity contribution in [2.75, 3.05) is 0 Å². The van der Waals surface area contributed by atoms with Gasteiger partial charge in [0.2, 0.25) is 0 Å². The summed E-state index contributed by atoms with van der Waals surface area (Å²) in [5.41, 5.74) is -0.141. The molecule has 1 aliphatic rings. The molecule has 0 unspecified atom stereocenters. The van der Waals surface area contributed by atoms with Crippen LogP contribution in [0.3, 0.4) is 0 Å². The molecule has 0 atom stereocenters. The summed E-state index contributed by atoms with van der Waals surface area (Å²) in [4.78, 5) is 11.8. The first-order chi connectivity index (χ1) is 5.27. The number of halogens is 1. The van der Waals surface area contributed by atoms with E-state index in [2.05, 4.69) is 0 Å². The Hall–Kier alpha value is -0.340. The Morgan fingerprint density at radius 1 is 1.64 bits per heavy atom. The molecule has 1 aromatic heterocycles. The van der Waals surface area contributed by atoms with Crippen molar-refractivity contribution < 1.29 is 4.79 Å². The Kier molecular flexibility index (Phi) is 1.55. The monoisotopic (exact) mass is 186 g/mol. The van der Waals surface area contributed by atoms with Crippen molar-refractivity contribution in [1.29, 1.82) is 0 Å². The molecule has 1 fully saturated rings. The summed E-state index contributed by atoms with van der Waals surface area (Å²) < 4.78 is 0. The Morgan fingerprint density at radius 3 is 2.73 bits per heavy atom. The van der Waals surface area contributed by atoms with E-state index in [9.17, 15) is 4.79 Å². The lowest BCUT2D eigenvalue weighted by Gasteiger charge is -1.99. The summed E-state index contributed by atoms with van der Waals surface area (Å²) in [6.07, 6.45) is 3.04. The first kappa shape index (κ1) is 7.32. The van der Waals surface area contributed by atoms with Crippen LogP contribution in [-0.2, 0) is 10.2 Å². The van der Waals surface area contributed by atoms with Gasteiger partial charge in [0, 0.05) is 10.3 Å². The van der Waals surface area contributed by atoms with Gasteiger partial charge in [-0.25, -0.2) is 0 Å². The second-order valence-corrected chi connectivity index (χ2v) is 4.25. The molecule has 3 heteroatoms. The van der Waals surface area contributed by atoms with Crippen molar-refractivity contribution >= 4 is 29.2 Å². The van der Waals surface area contributed by atoms with Crippen molar-refractivity contribution in [3.05, 3.63) is 21.3 Å². The standard InChI is InChI=1S/C8H7ClOS/c9-6-3-7(11-4-6)8(5-10)1-2-8/h3-5H,1-2H2. The normalized spacial score (nSPS) is 19.7. The molecule has 1 aliphatic carbocycles. The zero-order valence-electron chi connectivity index (χ0n) is 5.84. The van der Waals surface area contributed by atoms with Gasteiger partial charge in [0.1, 0.15) is 6.29 Å². The van der Waals surface area contributed by atoms with Crippen LogP contribution in [-0.4, -0.2) is 6.29 Å². The highest BCUT2D eigenvalue weighted by atomic mass is 35.5. The second-order valence-electron chi connectivity index (χ2n) is 2.90. The Morgan fingerprint density at radius 2 is 2.36 bits per heavy atom. The average molecular weight is 187 g/mol. The number of carbonyl (C=O) groups is 1. The lowest BCUT2D eigenvalue weighted by atomic mass is 10.1. The molecule has 58 valence electrons. The van der Waals surface area contributed by atoms with E-state index in [0.717, 1.165) is 29.0 Å². The van der Waals surface area contributed by atoms with Crippen LogP contribution < -0.4 is 0 Å². The van der Waals surface area contributed by atoms with E-state index in [-0.39, 0.29) is 5.41 Å². The highest BCUT2D eigenvalue weighted by molar-refractivity contribution is 7.10. The molecule has 1 heterocycles. The second kappa shape index (κ2) is 2.32. The highest BCUT2D eigenvalue weighted by Gasteiger charge is 2.45. The lowest BCUT2D eigenvalue weighted by molar-refractivity contribution is -0.109. The van der Waals surface area contributed by atoms with Gasteiger partial charge in [0.25, 0.3) is 0 Å². The Bertz CT molecular complexity index is 288. The van der Waals surface area contributed by atoms with Crippen LogP contribution in [0.25, 0.3) is 0 Å². The lowest BCUT2D eigenvalue weighted by Crippen LogP contribution is -2.04. The third-order valence-electron chi connectivity index (χ3n) is 2.07. The van der Waals surface area contributed by atoms with Crippen LogP contribution in [0.1, 0.15) is 17.7 Å². The van der Waals surface area contributed by atoms with Gasteiger partial charge in [0.15, 0.2) is 0 Å². The maximum Gasteiger partial charge on any atom is 0.131 e. The average Bonchev–Trinajstić information content (AvgIpc) is 2.70. The predicted molar refractivity (Wildman–Crippen MR) is 46.3 cm³/mol. The maximum atomic E-state index is 10.7. The van der Waals surface area contributed by atoms with E-state index in [4.69, 9.17) is 11.6 Å². The molecule has 1 nitrogen and oxygen atoms in total. The first-order valence-corrected chi connectivity index (χ1v) is 4.73. The summed E-state index contributed by atoms with van der Waals surface area (Å²) in [5.74, 6) is 0. The molecule has 11 heavy (non-hydrogen) atoms. The van der Waals surface area contributed by atoms with E-state index in [1.54, 1.807) is 11.3 Å². The van der Waals surface area contributed by atoms with Crippen LogP contribution in [0.15, 0.2) is 11.4 Å². The third-order valence-corrected chi connectivity index (χ3v) is 3.57. The molecule has 0 bridgehead atoms. The first-order valence-electron chi connectivity index (χ1n) is 3.48. The molecule has 0 radical (unpaired) electrons. The van der Waals surface area contributed by atoms with Crippen LogP contribution in [0, 0.1) is 0 Å². The van der Waals surface area contributed by atoms with Gasteiger partial charge in [-0.2, -0.15) is 0 Å². The number of hydrogen-bond donors (Lipinski definition) is 0. The smallest absolute Gasteiger partial charge is 0.131 e. The van der Waals surface area contributed by atoms with Crippen molar-refractivity contribution in [2.24, 2.45) is 0 Å². The van der Waals surface area contributed by atoms with Gasteiger partial charge in [-0.3, -0.25) is 0 Å². The van der Waals surface area contributed by atoms with E-state index in [0.29, 0.717) is 0 Å². The largest absolute Gasteiger partial charge is 0.302 e. The zero-order valence-corrected chi connectivity index (χ0v) is 7.41. The summed E-state index contributed by atoms with van der Waals surface area (Å²) in [6, 6.07) is 1.90. The molecule has 0 N–H and O–H groups in total. The predicted octanol–water partition coefficient (Wildman–Crippen LogP) is 2.63. The number of thiophene rings is 1. The fourth-order valence-electron chi connectivity index (χ4n) is 1.13. The minimum absolute atomic E-state index is 0.141. The summed E-state index contributed by atoms with van der Waals surface area (Å²) in [6.45, 7) is 0. The number of rotatable bonds is 2. The van der Waals surface area contributed by atoms with Gasteiger partial charge in [-0.05, 0) is 18.9 Å². The molecular formula is C8H7ClOS. The van der Waals surface area contributed by atoms with Crippen molar-refractivity contribution in [2.45, 2.75) is 18.3 Å². The van der Waals surface area contributed by atoms with Crippen LogP contribution in [0.4, 0.5) is 0 Å². The van der Waals surface area contributed by atoms with E-state index in [1.807, 2.05) is 11.4 Å². The molecule has 0 amide bonds. The SMILES string of the molecule is O=CC1(c2cc(Cl)cs2)CC1. The maximum absolute atomic E-state index is 10.7. The molecule has 0 spiro atoms. The molecule has 2 rings (SSSR count). The molecular weight excluding hydrogens is 180 g/mol. The quantitative estimate of drug-likeness (QED) is 0.649. The molecule has 0 aromatic carbocycles. The number of aldehydes is 1. The number of hydrogen-bond acceptors (Lipinski definition) is 2. The molecule has 1 aromatic rings. The molecule has 1 saturated carbocycles. The van der Waals surface area contributed by atoms with Crippen molar-refractivity contribution in [3.8, 4) is 0 Å². The van der Waals surface area contributed by atoms with Gasteiger partial charge in [-0.1, -0.05) is 11.6 Å². The minimum Gasteiger partial charge on any atom is -0.302 e. The van der Waals surface area contributed by atoms with Crippen molar-refractivity contribution in [1.82, 2.24) is 0 Å². The van der Waals surface area contributed by atoms with Crippen molar-refractivity contribution in [3.63, 3.8) is 0 Å². The van der Waals surface area contributed by atoms with E-state index >= 15 is 0 Å². The van der Waals surface area contributed by atoms with Gasteiger partial charge < -0.3 is 4.79 Å². The summed E-state index contributed by atoms with van der Waals surface area (Å²) in [7, 11) is 0. The zero-order chi connectivity index (χ0) is 7.90. The number of carbonyl (C=O) groups excluding carboxylic acids is 1. The highest BCUT2D eigenvalue weighted by Crippen LogP contribution is 2.48. The fourth-order valence-corrected chi connectivity index (χ4v) is 2.43. The fraction of sp³-hybridized carbons (Fsp3) is 0.375. The van der Waals surface area contributed by atoms with Gasteiger partial charge in [-0.15, -0.1) is 11.3 Å². The Balaban J connectivity index is 2.36. The van der Waals surface area contributed by atoms with Crippen LogP contribution in [0.5, 0.6) is 0 Å². The van der Waals surface area contributed by atoms with E-state index in [1.165, 1.54) is 0 Å². The van der Waals surface area contributed by atoms with Gasteiger partial charge in [0.05, 0.1) is 10.4 Å². The van der Waals surface area contributed by atoms with Gasteiger partial charge >= 0.3 is 0 Å². The third kappa shape index (κ3) is 1.10. The van der Waals surface area contributed by atoms with Crippen LogP contribution in [0.2, 0.25) is 5.02 Å².